The molecule has 3 rings (SSSR count). The maximum Gasteiger partial charge on any atom is 0.220 e. The Labute approximate surface area is 133 Å². The van der Waals surface area contributed by atoms with Gasteiger partial charge in [-0.1, -0.05) is 42.5 Å². The number of carbonyl (C=O) groups excluding carboxylic acids is 1. The van der Waals surface area contributed by atoms with Gasteiger partial charge in [-0.3, -0.25) is 9.69 Å². The summed E-state index contributed by atoms with van der Waals surface area (Å²) < 4.78 is 0. The topological polar surface area (TPSA) is 32.3 Å². The van der Waals surface area contributed by atoms with Gasteiger partial charge in [0.15, 0.2) is 0 Å². The average molecular weight is 298 g/mol. The highest BCUT2D eigenvalue weighted by Gasteiger charge is 2.22. The summed E-state index contributed by atoms with van der Waals surface area (Å²) >= 11 is 0. The number of carbonyl (C=O) groups is 1. The summed E-state index contributed by atoms with van der Waals surface area (Å²) in [7, 11) is 0. The minimum absolute atomic E-state index is 0.225. The molecule has 3 heteroatoms. The van der Waals surface area contributed by atoms with Crippen molar-refractivity contribution < 1.29 is 4.79 Å². The number of benzene rings is 1. The molecule has 1 aliphatic carbocycles. The molecule has 1 amide bonds. The fraction of sp³-hybridized carbons (Fsp3) is 0.526. The lowest BCUT2D eigenvalue weighted by Gasteiger charge is -2.33. The van der Waals surface area contributed by atoms with E-state index in [0.717, 1.165) is 38.9 Å². The van der Waals surface area contributed by atoms with Crippen molar-refractivity contribution in [3.63, 3.8) is 0 Å². The van der Waals surface area contributed by atoms with Gasteiger partial charge in [-0.05, 0) is 43.7 Å². The van der Waals surface area contributed by atoms with Crippen LogP contribution in [0, 0.1) is 5.92 Å². The van der Waals surface area contributed by atoms with Crippen molar-refractivity contribution in [3.05, 3.63) is 48.0 Å². The summed E-state index contributed by atoms with van der Waals surface area (Å²) in [5.74, 6) is 0.687. The molecule has 0 saturated carbocycles. The van der Waals surface area contributed by atoms with Gasteiger partial charge in [0.25, 0.3) is 0 Å². The van der Waals surface area contributed by atoms with Crippen LogP contribution in [-0.4, -0.2) is 29.9 Å². The highest BCUT2D eigenvalue weighted by atomic mass is 16.1. The van der Waals surface area contributed by atoms with Crippen molar-refractivity contribution in [1.82, 2.24) is 10.2 Å². The molecule has 118 valence electrons. The standard InChI is InChI=1S/C19H26N2O/c22-19(13-16-7-4-5-8-16)20-18-11-6-12-21(15-18)14-17-9-2-1-3-10-17/h1-4,7,9-10,16,18H,5-6,8,11-15H2,(H,20,22)/t16-,18-/m1/s1. The third kappa shape index (κ3) is 4.44. The minimum Gasteiger partial charge on any atom is -0.352 e. The molecule has 0 aromatic heterocycles. The Kier molecular flexibility index (Phi) is 5.28. The largest absolute Gasteiger partial charge is 0.352 e. The Morgan fingerprint density at radius 1 is 1.23 bits per heavy atom. The number of likely N-dealkylation sites (tertiary alicyclic amines) is 1. The fourth-order valence-electron chi connectivity index (χ4n) is 3.55. The maximum absolute atomic E-state index is 12.2. The number of amides is 1. The van der Waals surface area contributed by atoms with Crippen molar-refractivity contribution in [2.24, 2.45) is 5.92 Å². The Morgan fingerprint density at radius 3 is 2.86 bits per heavy atom. The first-order chi connectivity index (χ1) is 10.8. The lowest BCUT2D eigenvalue weighted by Crippen LogP contribution is -2.47. The summed E-state index contributed by atoms with van der Waals surface area (Å²) in [6, 6.07) is 10.9. The fourth-order valence-corrected chi connectivity index (χ4v) is 3.55. The quantitative estimate of drug-likeness (QED) is 0.847. The molecule has 1 saturated heterocycles. The Hall–Kier alpha value is -1.61. The number of allylic oxidation sites excluding steroid dienone is 2. The van der Waals surface area contributed by atoms with Crippen LogP contribution >= 0.6 is 0 Å². The number of rotatable bonds is 5. The Balaban J connectivity index is 1.45. The molecule has 1 fully saturated rings. The summed E-state index contributed by atoms with van der Waals surface area (Å²) in [5, 5.41) is 3.25. The predicted octanol–water partition coefficient (Wildman–Crippen LogP) is 3.12. The van der Waals surface area contributed by atoms with Gasteiger partial charge in [-0.2, -0.15) is 0 Å². The molecule has 0 spiro atoms. The van der Waals surface area contributed by atoms with Crippen LogP contribution in [0.2, 0.25) is 0 Å². The summed E-state index contributed by atoms with van der Waals surface area (Å²) in [6.07, 6.45) is 9.59. The van der Waals surface area contributed by atoms with Crippen molar-refractivity contribution in [3.8, 4) is 0 Å². The van der Waals surface area contributed by atoms with Crippen LogP contribution in [0.3, 0.4) is 0 Å². The zero-order chi connectivity index (χ0) is 15.2. The third-order valence-electron chi connectivity index (χ3n) is 4.68. The molecule has 1 aromatic carbocycles. The van der Waals surface area contributed by atoms with Gasteiger partial charge in [-0.15, -0.1) is 0 Å². The molecule has 1 heterocycles. The van der Waals surface area contributed by atoms with Gasteiger partial charge in [0, 0.05) is 25.6 Å². The van der Waals surface area contributed by atoms with Crippen LogP contribution in [0.4, 0.5) is 0 Å². The lowest BCUT2D eigenvalue weighted by molar-refractivity contribution is -0.122. The van der Waals surface area contributed by atoms with Crippen LogP contribution in [-0.2, 0) is 11.3 Å². The summed E-state index contributed by atoms with van der Waals surface area (Å²) in [4.78, 5) is 14.6. The molecule has 22 heavy (non-hydrogen) atoms. The molecule has 0 bridgehead atoms. The van der Waals surface area contributed by atoms with Gasteiger partial charge in [-0.25, -0.2) is 0 Å². The van der Waals surface area contributed by atoms with E-state index in [0.29, 0.717) is 18.4 Å². The van der Waals surface area contributed by atoms with Crippen molar-refractivity contribution in [2.75, 3.05) is 13.1 Å². The lowest BCUT2D eigenvalue weighted by atomic mass is 10.0. The van der Waals surface area contributed by atoms with Gasteiger partial charge < -0.3 is 5.32 Å². The Morgan fingerprint density at radius 2 is 2.09 bits per heavy atom. The number of hydrogen-bond acceptors (Lipinski definition) is 2. The van der Waals surface area contributed by atoms with Crippen molar-refractivity contribution in [1.29, 1.82) is 0 Å². The molecule has 0 unspecified atom stereocenters. The van der Waals surface area contributed by atoms with Gasteiger partial charge >= 0.3 is 0 Å². The number of nitrogens with zero attached hydrogens (tertiary/aromatic N) is 1. The van der Waals surface area contributed by atoms with Gasteiger partial charge in [0.1, 0.15) is 0 Å². The monoisotopic (exact) mass is 298 g/mol. The minimum atomic E-state index is 0.225. The van der Waals surface area contributed by atoms with E-state index in [1.54, 1.807) is 0 Å². The predicted molar refractivity (Wildman–Crippen MR) is 89.4 cm³/mol. The van der Waals surface area contributed by atoms with Crippen molar-refractivity contribution >= 4 is 5.91 Å². The number of piperidine rings is 1. The molecular formula is C19H26N2O. The van der Waals surface area contributed by atoms with E-state index < -0.39 is 0 Å². The highest BCUT2D eigenvalue weighted by molar-refractivity contribution is 5.76. The van der Waals surface area contributed by atoms with E-state index in [9.17, 15) is 4.79 Å². The van der Waals surface area contributed by atoms with Crippen LogP contribution in [0.25, 0.3) is 0 Å². The highest BCUT2D eigenvalue weighted by Crippen LogP contribution is 2.20. The van der Waals surface area contributed by atoms with E-state index in [4.69, 9.17) is 0 Å². The van der Waals surface area contributed by atoms with Crippen molar-refractivity contribution in [2.45, 2.75) is 44.7 Å². The molecule has 0 radical (unpaired) electrons. The SMILES string of the molecule is O=C(C[C@@H]1C=CCC1)N[C@@H]1CCCN(Cc2ccccc2)C1. The second-order valence-corrected chi connectivity index (χ2v) is 6.60. The molecule has 1 N–H and O–H groups in total. The summed E-state index contributed by atoms with van der Waals surface area (Å²) in [6.45, 7) is 3.09. The summed E-state index contributed by atoms with van der Waals surface area (Å²) in [5.41, 5.74) is 1.35. The molecule has 1 aromatic rings. The second kappa shape index (κ2) is 7.59. The molecular weight excluding hydrogens is 272 g/mol. The van der Waals surface area contributed by atoms with Crippen LogP contribution in [0.5, 0.6) is 0 Å². The number of nitrogens with one attached hydrogen (secondary N) is 1. The molecule has 1 aliphatic heterocycles. The molecule has 3 nitrogen and oxygen atoms in total. The molecule has 2 aliphatic rings. The van der Waals surface area contributed by atoms with Gasteiger partial charge in [0.2, 0.25) is 5.91 Å². The van der Waals surface area contributed by atoms with E-state index in [-0.39, 0.29) is 5.91 Å². The number of hydrogen-bond donors (Lipinski definition) is 1. The van der Waals surface area contributed by atoms with E-state index in [2.05, 4.69) is 52.7 Å². The smallest absolute Gasteiger partial charge is 0.220 e. The zero-order valence-corrected chi connectivity index (χ0v) is 13.2. The first-order valence-electron chi connectivity index (χ1n) is 8.52. The molecule has 2 atom stereocenters. The van der Waals surface area contributed by atoms with E-state index >= 15 is 0 Å². The van der Waals surface area contributed by atoms with Crippen LogP contribution in [0.1, 0.15) is 37.7 Å². The first kappa shape index (κ1) is 15.3. The van der Waals surface area contributed by atoms with Crippen LogP contribution < -0.4 is 5.32 Å². The van der Waals surface area contributed by atoms with E-state index in [1.807, 2.05) is 0 Å². The Bertz CT molecular complexity index is 511. The zero-order valence-electron chi connectivity index (χ0n) is 13.2. The first-order valence-corrected chi connectivity index (χ1v) is 8.52. The average Bonchev–Trinajstić information content (AvgIpc) is 3.01. The third-order valence-corrected chi connectivity index (χ3v) is 4.68. The van der Waals surface area contributed by atoms with Crippen LogP contribution in [0.15, 0.2) is 42.5 Å². The van der Waals surface area contributed by atoms with Gasteiger partial charge in [0.05, 0.1) is 0 Å². The maximum atomic E-state index is 12.2. The van der Waals surface area contributed by atoms with E-state index in [1.165, 1.54) is 12.0 Å². The second-order valence-electron chi connectivity index (χ2n) is 6.60. The normalized spacial score (nSPS) is 25.3.